The minimum absolute atomic E-state index is 0.0758. The summed E-state index contributed by atoms with van der Waals surface area (Å²) in [6, 6.07) is 12.2. The Morgan fingerprint density at radius 1 is 1.08 bits per heavy atom. The summed E-state index contributed by atoms with van der Waals surface area (Å²) in [6.07, 6.45) is 0.0758. The molecule has 5 nitrogen and oxygen atoms in total. The third kappa shape index (κ3) is 3.37. The second-order valence-corrected chi connectivity index (χ2v) is 5.48. The van der Waals surface area contributed by atoms with Crippen molar-refractivity contribution in [2.45, 2.75) is 6.42 Å². The fourth-order valence-electron chi connectivity index (χ4n) is 2.58. The maximum absolute atomic E-state index is 13.0. The van der Waals surface area contributed by atoms with Gasteiger partial charge in [-0.25, -0.2) is 4.39 Å². The van der Waals surface area contributed by atoms with Crippen LogP contribution < -0.4 is 14.4 Å². The third-order valence-electron chi connectivity index (χ3n) is 3.87. The van der Waals surface area contributed by atoms with Gasteiger partial charge in [0.2, 0.25) is 5.91 Å². The molecule has 1 heterocycles. The van der Waals surface area contributed by atoms with Gasteiger partial charge in [0.15, 0.2) is 0 Å². The minimum Gasteiger partial charge on any atom is -0.497 e. The molecule has 24 heavy (non-hydrogen) atoms. The molecular formula is C18H16FNO4. The molecule has 0 N–H and O–H groups in total. The first-order chi connectivity index (χ1) is 11.6. The Labute approximate surface area is 138 Å². The second kappa shape index (κ2) is 6.70. The SMILES string of the molecule is COc1ccc(OC(=O)[C@H]2CC(=O)N(c3ccc(F)cc3)C2)cc1. The smallest absolute Gasteiger partial charge is 0.316 e. The van der Waals surface area contributed by atoms with Crippen LogP contribution in [0.15, 0.2) is 48.5 Å². The lowest BCUT2D eigenvalue weighted by atomic mass is 10.1. The fourth-order valence-corrected chi connectivity index (χ4v) is 2.58. The Balaban J connectivity index is 1.66. The monoisotopic (exact) mass is 329 g/mol. The molecule has 3 rings (SSSR count). The topological polar surface area (TPSA) is 55.8 Å². The number of esters is 1. The number of methoxy groups -OCH3 is 1. The normalized spacial score (nSPS) is 17.0. The van der Waals surface area contributed by atoms with Gasteiger partial charge in [-0.1, -0.05) is 0 Å². The van der Waals surface area contributed by atoms with Gasteiger partial charge in [-0.3, -0.25) is 9.59 Å². The fraction of sp³-hybridized carbons (Fsp3) is 0.222. The van der Waals surface area contributed by atoms with E-state index >= 15 is 0 Å². The van der Waals surface area contributed by atoms with E-state index in [1.807, 2.05) is 0 Å². The van der Waals surface area contributed by atoms with E-state index in [1.165, 1.54) is 29.2 Å². The van der Waals surface area contributed by atoms with Gasteiger partial charge < -0.3 is 14.4 Å². The first kappa shape index (κ1) is 16.0. The number of hydrogen-bond donors (Lipinski definition) is 0. The molecule has 1 fully saturated rings. The molecule has 1 aliphatic rings. The lowest BCUT2D eigenvalue weighted by Crippen LogP contribution is -2.27. The van der Waals surface area contributed by atoms with E-state index in [9.17, 15) is 14.0 Å². The molecule has 124 valence electrons. The molecule has 0 unspecified atom stereocenters. The molecule has 2 aromatic carbocycles. The highest BCUT2D eigenvalue weighted by molar-refractivity contribution is 5.99. The summed E-state index contributed by atoms with van der Waals surface area (Å²) in [7, 11) is 1.55. The van der Waals surface area contributed by atoms with Crippen LogP contribution in [-0.2, 0) is 9.59 Å². The summed E-state index contributed by atoms with van der Waals surface area (Å²) in [4.78, 5) is 25.8. The van der Waals surface area contributed by atoms with Crippen LogP contribution in [0.5, 0.6) is 11.5 Å². The molecule has 1 aliphatic heterocycles. The number of benzene rings is 2. The number of hydrogen-bond acceptors (Lipinski definition) is 4. The largest absolute Gasteiger partial charge is 0.497 e. The van der Waals surface area contributed by atoms with E-state index in [0.29, 0.717) is 17.2 Å². The van der Waals surface area contributed by atoms with Gasteiger partial charge in [0, 0.05) is 18.7 Å². The maximum Gasteiger partial charge on any atom is 0.316 e. The van der Waals surface area contributed by atoms with Gasteiger partial charge in [-0.05, 0) is 48.5 Å². The van der Waals surface area contributed by atoms with Crippen LogP contribution in [0.25, 0.3) is 0 Å². The van der Waals surface area contributed by atoms with E-state index in [4.69, 9.17) is 9.47 Å². The molecule has 6 heteroatoms. The van der Waals surface area contributed by atoms with E-state index in [-0.39, 0.29) is 24.7 Å². The highest BCUT2D eigenvalue weighted by Crippen LogP contribution is 2.27. The zero-order chi connectivity index (χ0) is 17.1. The average molecular weight is 329 g/mol. The third-order valence-corrected chi connectivity index (χ3v) is 3.87. The lowest BCUT2D eigenvalue weighted by molar-refractivity contribution is -0.139. The number of halogens is 1. The van der Waals surface area contributed by atoms with Crippen molar-refractivity contribution in [1.29, 1.82) is 0 Å². The number of anilines is 1. The standard InChI is InChI=1S/C18H16FNO4/c1-23-15-6-8-16(9-7-15)24-18(22)12-10-17(21)20(11-12)14-4-2-13(19)3-5-14/h2-9,12H,10-11H2,1H3/t12-/m0/s1. The van der Waals surface area contributed by atoms with Crippen molar-refractivity contribution < 1.29 is 23.5 Å². The van der Waals surface area contributed by atoms with Crippen molar-refractivity contribution in [2.75, 3.05) is 18.6 Å². The number of ether oxygens (including phenoxy) is 2. The van der Waals surface area contributed by atoms with E-state index in [0.717, 1.165) is 0 Å². The molecule has 1 amide bonds. The first-order valence-electron chi connectivity index (χ1n) is 7.48. The quantitative estimate of drug-likeness (QED) is 0.639. The van der Waals surface area contributed by atoms with Crippen molar-refractivity contribution in [3.63, 3.8) is 0 Å². The Morgan fingerprint density at radius 3 is 2.33 bits per heavy atom. The number of carbonyl (C=O) groups excluding carboxylic acids is 2. The molecule has 0 saturated carbocycles. The van der Waals surface area contributed by atoms with Crippen molar-refractivity contribution >= 4 is 17.6 Å². The van der Waals surface area contributed by atoms with Gasteiger partial charge in [0.1, 0.15) is 17.3 Å². The van der Waals surface area contributed by atoms with Gasteiger partial charge >= 0.3 is 5.97 Å². The van der Waals surface area contributed by atoms with Crippen LogP contribution in [0.2, 0.25) is 0 Å². The number of amides is 1. The van der Waals surface area contributed by atoms with Crippen LogP contribution in [0, 0.1) is 11.7 Å². The number of rotatable bonds is 4. The van der Waals surface area contributed by atoms with E-state index in [1.54, 1.807) is 31.4 Å². The Morgan fingerprint density at radius 2 is 1.71 bits per heavy atom. The van der Waals surface area contributed by atoms with Crippen LogP contribution in [0.1, 0.15) is 6.42 Å². The Hall–Kier alpha value is -2.89. The van der Waals surface area contributed by atoms with Crippen molar-refractivity contribution in [2.24, 2.45) is 5.92 Å². The van der Waals surface area contributed by atoms with Crippen LogP contribution in [-0.4, -0.2) is 25.5 Å². The molecule has 1 saturated heterocycles. The van der Waals surface area contributed by atoms with E-state index < -0.39 is 11.9 Å². The predicted octanol–water partition coefficient (Wildman–Crippen LogP) is 2.79. The number of carbonyl (C=O) groups is 2. The molecule has 0 radical (unpaired) electrons. The van der Waals surface area contributed by atoms with Gasteiger partial charge in [0.05, 0.1) is 13.0 Å². The highest BCUT2D eigenvalue weighted by atomic mass is 19.1. The summed E-state index contributed by atoms with van der Waals surface area (Å²) >= 11 is 0. The maximum atomic E-state index is 13.0. The van der Waals surface area contributed by atoms with Crippen LogP contribution in [0.3, 0.4) is 0 Å². The van der Waals surface area contributed by atoms with Crippen molar-refractivity contribution in [1.82, 2.24) is 0 Å². The summed E-state index contributed by atoms with van der Waals surface area (Å²) in [5.41, 5.74) is 0.571. The van der Waals surface area contributed by atoms with Crippen LogP contribution >= 0.6 is 0 Å². The average Bonchev–Trinajstić information content (AvgIpc) is 2.98. The zero-order valence-corrected chi connectivity index (χ0v) is 13.1. The first-order valence-corrected chi connectivity index (χ1v) is 7.48. The molecular weight excluding hydrogens is 313 g/mol. The Kier molecular flexibility index (Phi) is 4.46. The minimum atomic E-state index is -0.551. The van der Waals surface area contributed by atoms with Crippen molar-refractivity contribution in [3.8, 4) is 11.5 Å². The molecule has 0 aromatic heterocycles. The van der Waals surface area contributed by atoms with Crippen LogP contribution in [0.4, 0.5) is 10.1 Å². The summed E-state index contributed by atoms with van der Waals surface area (Å²) in [5.74, 6) is -0.510. The molecule has 1 atom stereocenters. The van der Waals surface area contributed by atoms with Crippen molar-refractivity contribution in [3.05, 3.63) is 54.3 Å². The summed E-state index contributed by atoms with van der Waals surface area (Å²) in [6.45, 7) is 0.222. The van der Waals surface area contributed by atoms with Gasteiger partial charge in [0.25, 0.3) is 0 Å². The Bertz CT molecular complexity index is 743. The number of nitrogens with zero attached hydrogens (tertiary/aromatic N) is 1. The molecule has 0 aliphatic carbocycles. The van der Waals surface area contributed by atoms with E-state index in [2.05, 4.69) is 0 Å². The molecule has 0 spiro atoms. The molecule has 0 bridgehead atoms. The van der Waals surface area contributed by atoms with Gasteiger partial charge in [-0.2, -0.15) is 0 Å². The predicted molar refractivity (Wildman–Crippen MR) is 85.5 cm³/mol. The summed E-state index contributed by atoms with van der Waals surface area (Å²) < 4.78 is 23.3. The zero-order valence-electron chi connectivity index (χ0n) is 13.1. The molecule has 2 aromatic rings. The lowest BCUT2D eigenvalue weighted by Gasteiger charge is -2.16. The highest BCUT2D eigenvalue weighted by Gasteiger charge is 2.36. The second-order valence-electron chi connectivity index (χ2n) is 5.48. The van der Waals surface area contributed by atoms with Gasteiger partial charge in [-0.15, -0.1) is 0 Å². The summed E-state index contributed by atoms with van der Waals surface area (Å²) in [5, 5.41) is 0.